The molecule has 0 radical (unpaired) electrons. The number of rotatable bonds is 11. The Labute approximate surface area is 204 Å². The minimum atomic E-state index is -0.600. The number of amides is 2. The van der Waals surface area contributed by atoms with Crippen molar-refractivity contribution in [3.63, 3.8) is 0 Å². The van der Waals surface area contributed by atoms with E-state index in [1.807, 2.05) is 0 Å². The summed E-state index contributed by atoms with van der Waals surface area (Å²) in [4.78, 5) is 35.1. The minimum Gasteiger partial charge on any atom is -0.351 e. The fraction of sp³-hybridized carbons (Fsp3) is 0.217. The second-order valence-corrected chi connectivity index (χ2v) is 8.32. The Balaban J connectivity index is 1.59. The molecule has 0 atom stereocenters. The standard InChI is InChI=1S/C23H23FN6O4S/c1-3-12-29-20(10-11-25-22(32)17-6-4-5-7-18(17)24)27-28-23(29)35-14-21(31)26-19-13-16(30(33)34)9-8-15(19)2/h3-9,13H,1,10-12,14H2,2H3,(H,25,32)(H,26,31). The number of anilines is 1. The highest BCUT2D eigenvalue weighted by molar-refractivity contribution is 7.99. The van der Waals surface area contributed by atoms with Crippen LogP contribution in [0.15, 0.2) is 60.3 Å². The highest BCUT2D eigenvalue weighted by Crippen LogP contribution is 2.23. The van der Waals surface area contributed by atoms with E-state index in [0.29, 0.717) is 35.2 Å². The molecule has 0 unspecified atom stereocenters. The topological polar surface area (TPSA) is 132 Å². The maximum Gasteiger partial charge on any atom is 0.271 e. The number of hydrogen-bond donors (Lipinski definition) is 2. The molecular formula is C23H23FN6O4S. The van der Waals surface area contributed by atoms with Crippen LogP contribution in [-0.2, 0) is 17.8 Å². The van der Waals surface area contributed by atoms with E-state index in [0.717, 1.165) is 11.8 Å². The maximum atomic E-state index is 13.8. The van der Waals surface area contributed by atoms with Crippen molar-refractivity contribution in [2.24, 2.45) is 0 Å². The van der Waals surface area contributed by atoms with Gasteiger partial charge in [-0.3, -0.25) is 19.7 Å². The van der Waals surface area contributed by atoms with Crippen LogP contribution in [0.2, 0.25) is 0 Å². The minimum absolute atomic E-state index is 0.00142. The van der Waals surface area contributed by atoms with Crippen molar-refractivity contribution in [1.82, 2.24) is 20.1 Å². The van der Waals surface area contributed by atoms with Gasteiger partial charge in [-0.05, 0) is 24.6 Å². The summed E-state index contributed by atoms with van der Waals surface area (Å²) in [6.45, 7) is 6.06. The van der Waals surface area contributed by atoms with E-state index in [4.69, 9.17) is 0 Å². The summed E-state index contributed by atoms with van der Waals surface area (Å²) >= 11 is 1.15. The lowest BCUT2D eigenvalue weighted by Crippen LogP contribution is -2.27. The number of allylic oxidation sites excluding steroid dienone is 1. The molecule has 35 heavy (non-hydrogen) atoms. The normalized spacial score (nSPS) is 10.6. The Hall–Kier alpha value is -4.06. The Kier molecular flexibility index (Phi) is 8.68. The van der Waals surface area contributed by atoms with Crippen molar-refractivity contribution < 1.29 is 18.9 Å². The van der Waals surface area contributed by atoms with Crippen LogP contribution >= 0.6 is 11.8 Å². The van der Waals surface area contributed by atoms with Crippen LogP contribution in [0.1, 0.15) is 21.7 Å². The van der Waals surface area contributed by atoms with Crippen LogP contribution in [0.3, 0.4) is 0 Å². The van der Waals surface area contributed by atoms with E-state index in [1.165, 1.54) is 30.3 Å². The van der Waals surface area contributed by atoms with E-state index >= 15 is 0 Å². The summed E-state index contributed by atoms with van der Waals surface area (Å²) in [5.41, 5.74) is 0.907. The Morgan fingerprint density at radius 1 is 1.26 bits per heavy atom. The largest absolute Gasteiger partial charge is 0.351 e. The number of nitro groups is 1. The highest BCUT2D eigenvalue weighted by atomic mass is 32.2. The van der Waals surface area contributed by atoms with Gasteiger partial charge in [0.15, 0.2) is 5.16 Å². The zero-order chi connectivity index (χ0) is 25.4. The lowest BCUT2D eigenvalue weighted by atomic mass is 10.2. The number of aromatic nitrogens is 3. The second-order valence-electron chi connectivity index (χ2n) is 7.38. The number of benzene rings is 2. The molecule has 182 valence electrons. The molecule has 0 spiro atoms. The van der Waals surface area contributed by atoms with Gasteiger partial charge in [-0.25, -0.2) is 4.39 Å². The number of hydrogen-bond acceptors (Lipinski definition) is 7. The first-order valence-electron chi connectivity index (χ1n) is 10.5. The van der Waals surface area contributed by atoms with Crippen LogP contribution in [0, 0.1) is 22.9 Å². The molecule has 1 heterocycles. The van der Waals surface area contributed by atoms with Crippen molar-refractivity contribution in [1.29, 1.82) is 0 Å². The summed E-state index contributed by atoms with van der Waals surface area (Å²) in [6, 6.07) is 9.96. The Morgan fingerprint density at radius 3 is 2.74 bits per heavy atom. The highest BCUT2D eigenvalue weighted by Gasteiger charge is 2.16. The van der Waals surface area contributed by atoms with E-state index in [1.54, 1.807) is 29.7 Å². The molecule has 0 bridgehead atoms. The fourth-order valence-corrected chi connectivity index (χ4v) is 3.89. The van der Waals surface area contributed by atoms with Gasteiger partial charge in [0.2, 0.25) is 5.91 Å². The van der Waals surface area contributed by atoms with E-state index in [9.17, 15) is 24.1 Å². The first-order chi connectivity index (χ1) is 16.8. The molecule has 3 aromatic rings. The Morgan fingerprint density at radius 2 is 2.03 bits per heavy atom. The van der Waals surface area contributed by atoms with Gasteiger partial charge in [0.05, 0.1) is 21.9 Å². The summed E-state index contributed by atoms with van der Waals surface area (Å²) in [5.74, 6) is -0.916. The van der Waals surface area contributed by atoms with Gasteiger partial charge in [0.1, 0.15) is 11.6 Å². The quantitative estimate of drug-likeness (QED) is 0.179. The van der Waals surface area contributed by atoms with Gasteiger partial charge >= 0.3 is 0 Å². The number of carbonyl (C=O) groups is 2. The molecule has 3 rings (SSSR count). The molecule has 0 fully saturated rings. The van der Waals surface area contributed by atoms with Gasteiger partial charge < -0.3 is 15.2 Å². The molecule has 0 aliphatic heterocycles. The van der Waals surface area contributed by atoms with Crippen LogP contribution in [0.4, 0.5) is 15.8 Å². The number of nitrogens with zero attached hydrogens (tertiary/aromatic N) is 4. The molecule has 0 saturated carbocycles. The van der Waals surface area contributed by atoms with Gasteiger partial charge in [-0.15, -0.1) is 16.8 Å². The lowest BCUT2D eigenvalue weighted by molar-refractivity contribution is -0.384. The smallest absolute Gasteiger partial charge is 0.271 e. The molecule has 0 aliphatic rings. The summed E-state index contributed by atoms with van der Waals surface area (Å²) in [5, 5.41) is 25.1. The zero-order valence-electron chi connectivity index (χ0n) is 18.9. The predicted molar refractivity (Wildman–Crippen MR) is 130 cm³/mol. The van der Waals surface area contributed by atoms with Crippen molar-refractivity contribution in [3.8, 4) is 0 Å². The number of non-ortho nitro benzene ring substituents is 1. The number of carbonyl (C=O) groups excluding carboxylic acids is 2. The molecule has 2 amide bonds. The van der Waals surface area contributed by atoms with Crippen LogP contribution in [-0.4, -0.2) is 43.8 Å². The van der Waals surface area contributed by atoms with Crippen molar-refractivity contribution in [3.05, 3.63) is 88.0 Å². The van der Waals surface area contributed by atoms with Gasteiger partial charge in [-0.1, -0.05) is 36.0 Å². The first-order valence-corrected chi connectivity index (χ1v) is 11.5. The number of aryl methyl sites for hydroxylation is 1. The van der Waals surface area contributed by atoms with Crippen LogP contribution in [0.25, 0.3) is 0 Å². The fourth-order valence-electron chi connectivity index (χ4n) is 3.13. The molecule has 0 aliphatic carbocycles. The van der Waals surface area contributed by atoms with Crippen LogP contribution < -0.4 is 10.6 Å². The molecule has 2 aromatic carbocycles. The third-order valence-corrected chi connectivity index (χ3v) is 5.86. The maximum absolute atomic E-state index is 13.8. The van der Waals surface area contributed by atoms with Gasteiger partial charge in [0.25, 0.3) is 11.6 Å². The molecular weight excluding hydrogens is 475 g/mol. The van der Waals surface area contributed by atoms with Gasteiger partial charge in [0, 0.05) is 31.6 Å². The average molecular weight is 499 g/mol. The SMILES string of the molecule is C=CCn1c(CCNC(=O)c2ccccc2F)nnc1SCC(=O)Nc1cc([N+](=O)[O-])ccc1C. The third-order valence-electron chi connectivity index (χ3n) is 4.90. The number of thioether (sulfide) groups is 1. The van der Waals surface area contributed by atoms with Gasteiger partial charge in [-0.2, -0.15) is 0 Å². The molecule has 2 N–H and O–H groups in total. The van der Waals surface area contributed by atoms with E-state index in [-0.39, 0.29) is 29.5 Å². The van der Waals surface area contributed by atoms with Crippen LogP contribution in [0.5, 0.6) is 0 Å². The van der Waals surface area contributed by atoms with Crippen molar-refractivity contribution >= 4 is 35.0 Å². The van der Waals surface area contributed by atoms with E-state index < -0.39 is 16.6 Å². The monoisotopic (exact) mass is 498 g/mol. The summed E-state index contributed by atoms with van der Waals surface area (Å²) < 4.78 is 15.5. The number of halogens is 1. The lowest BCUT2D eigenvalue weighted by Gasteiger charge is -2.10. The van der Waals surface area contributed by atoms with E-state index in [2.05, 4.69) is 27.4 Å². The second kappa shape index (κ2) is 11.9. The molecule has 0 saturated heterocycles. The predicted octanol–water partition coefficient (Wildman–Crippen LogP) is 3.52. The van der Waals surface area contributed by atoms with Crippen molar-refractivity contribution in [2.75, 3.05) is 17.6 Å². The molecule has 12 heteroatoms. The third kappa shape index (κ3) is 6.73. The first kappa shape index (κ1) is 25.6. The summed E-state index contributed by atoms with van der Waals surface area (Å²) in [6.07, 6.45) is 1.99. The number of nitrogens with one attached hydrogen (secondary N) is 2. The molecule has 10 nitrogen and oxygen atoms in total. The van der Waals surface area contributed by atoms with Crippen molar-refractivity contribution in [2.45, 2.75) is 25.0 Å². The zero-order valence-corrected chi connectivity index (χ0v) is 19.7. The molecule has 1 aromatic heterocycles. The summed E-state index contributed by atoms with van der Waals surface area (Å²) in [7, 11) is 0. The number of nitro benzene ring substituents is 1. The average Bonchev–Trinajstić information content (AvgIpc) is 3.21. The Bertz CT molecular complexity index is 1260.